The molecule has 0 saturated carbocycles. The zero-order valence-corrected chi connectivity index (χ0v) is 12.7. The molecule has 3 rings (SSSR count). The van der Waals surface area contributed by atoms with E-state index in [0.717, 1.165) is 16.5 Å². The number of ether oxygens (including phenoxy) is 1. The Morgan fingerprint density at radius 3 is 2.52 bits per heavy atom. The summed E-state index contributed by atoms with van der Waals surface area (Å²) >= 11 is 0. The van der Waals surface area contributed by atoms with Crippen LogP contribution in [0, 0.1) is 17.0 Å². The third kappa shape index (κ3) is 3.35. The lowest BCUT2D eigenvalue weighted by molar-refractivity contribution is -0.390. The Labute approximate surface area is 133 Å². The summed E-state index contributed by atoms with van der Waals surface area (Å²) in [6.07, 6.45) is 0. The van der Waals surface area contributed by atoms with Gasteiger partial charge in [-0.25, -0.2) is 0 Å². The fraction of sp³-hybridized carbons (Fsp3) is 0.167. The highest BCUT2D eigenvalue weighted by atomic mass is 16.6. The van der Waals surface area contributed by atoms with Crippen LogP contribution in [-0.4, -0.2) is 9.91 Å². The standard InChI is InChI=1S/C18H16N2O3/c1-13-6-2-3-8-15(13)11-23-12-16-10-14-7-4-5-9-17(14)19-18(16)20(21)22/h2-10H,11-12H2,1H3. The topological polar surface area (TPSA) is 65.3 Å². The summed E-state index contributed by atoms with van der Waals surface area (Å²) in [5, 5.41) is 12.1. The lowest BCUT2D eigenvalue weighted by Gasteiger charge is -2.08. The molecule has 0 aliphatic heterocycles. The number of rotatable bonds is 5. The fourth-order valence-corrected chi connectivity index (χ4v) is 2.46. The number of fused-ring (bicyclic) bond motifs is 1. The average molecular weight is 308 g/mol. The highest BCUT2D eigenvalue weighted by molar-refractivity contribution is 5.80. The molecule has 23 heavy (non-hydrogen) atoms. The molecule has 0 saturated heterocycles. The first-order chi connectivity index (χ1) is 11.1. The van der Waals surface area contributed by atoms with Gasteiger partial charge in [0.25, 0.3) is 0 Å². The van der Waals surface area contributed by atoms with Gasteiger partial charge >= 0.3 is 5.82 Å². The summed E-state index contributed by atoms with van der Waals surface area (Å²) < 4.78 is 5.68. The molecule has 0 bridgehead atoms. The van der Waals surface area contributed by atoms with Crippen LogP contribution < -0.4 is 0 Å². The molecule has 5 heteroatoms. The number of nitro groups is 1. The second-order valence-electron chi connectivity index (χ2n) is 5.34. The molecular formula is C18H16N2O3. The van der Waals surface area contributed by atoms with Gasteiger partial charge in [-0.2, -0.15) is 0 Å². The van der Waals surface area contributed by atoms with Crippen LogP contribution in [0.2, 0.25) is 0 Å². The van der Waals surface area contributed by atoms with Crippen LogP contribution in [0.25, 0.3) is 10.9 Å². The molecular weight excluding hydrogens is 292 g/mol. The third-order valence-corrected chi connectivity index (χ3v) is 3.73. The van der Waals surface area contributed by atoms with Gasteiger partial charge in [-0.05, 0) is 40.1 Å². The van der Waals surface area contributed by atoms with Crippen molar-refractivity contribution in [3.8, 4) is 0 Å². The van der Waals surface area contributed by atoms with Gasteiger partial charge in [0.05, 0.1) is 18.8 Å². The first-order valence-corrected chi connectivity index (χ1v) is 7.30. The summed E-state index contributed by atoms with van der Waals surface area (Å²) in [6, 6.07) is 17.0. The number of nitrogens with zero attached hydrogens (tertiary/aromatic N) is 2. The van der Waals surface area contributed by atoms with E-state index in [0.29, 0.717) is 17.7 Å². The number of para-hydroxylation sites is 1. The van der Waals surface area contributed by atoms with Crippen LogP contribution in [0.3, 0.4) is 0 Å². The second-order valence-corrected chi connectivity index (χ2v) is 5.34. The summed E-state index contributed by atoms with van der Waals surface area (Å²) in [7, 11) is 0. The second kappa shape index (κ2) is 6.54. The van der Waals surface area contributed by atoms with Gasteiger partial charge in [0.15, 0.2) is 5.52 Å². The molecule has 1 heterocycles. The SMILES string of the molecule is Cc1ccccc1COCc1cc2ccccc2nc1[N+](=O)[O-]. The molecule has 5 nitrogen and oxygen atoms in total. The minimum atomic E-state index is -0.459. The third-order valence-electron chi connectivity index (χ3n) is 3.73. The van der Waals surface area contributed by atoms with Gasteiger partial charge in [-0.15, -0.1) is 0 Å². The highest BCUT2D eigenvalue weighted by Gasteiger charge is 2.17. The molecule has 0 amide bonds. The average Bonchev–Trinajstić information content (AvgIpc) is 2.56. The van der Waals surface area contributed by atoms with Gasteiger partial charge in [-0.3, -0.25) is 0 Å². The molecule has 0 N–H and O–H groups in total. The quantitative estimate of drug-likeness (QED) is 0.524. The van der Waals surface area contributed by atoms with Crippen molar-refractivity contribution in [3.05, 3.63) is 81.4 Å². The Kier molecular flexibility index (Phi) is 4.30. The molecule has 0 radical (unpaired) electrons. The summed E-state index contributed by atoms with van der Waals surface area (Å²) in [5.41, 5.74) is 3.31. The monoisotopic (exact) mass is 308 g/mol. The van der Waals surface area contributed by atoms with E-state index >= 15 is 0 Å². The van der Waals surface area contributed by atoms with Crippen molar-refractivity contribution in [2.24, 2.45) is 0 Å². The van der Waals surface area contributed by atoms with E-state index in [1.54, 1.807) is 12.1 Å². The first kappa shape index (κ1) is 15.1. The van der Waals surface area contributed by atoms with E-state index in [1.165, 1.54) is 0 Å². The van der Waals surface area contributed by atoms with Crippen molar-refractivity contribution < 1.29 is 9.66 Å². The van der Waals surface area contributed by atoms with Gasteiger partial charge in [-0.1, -0.05) is 42.5 Å². The highest BCUT2D eigenvalue weighted by Crippen LogP contribution is 2.23. The van der Waals surface area contributed by atoms with Crippen molar-refractivity contribution in [3.63, 3.8) is 0 Å². The van der Waals surface area contributed by atoms with Crippen molar-refractivity contribution in [2.75, 3.05) is 0 Å². The molecule has 0 spiro atoms. The smallest absolute Gasteiger partial charge is 0.369 e. The zero-order valence-electron chi connectivity index (χ0n) is 12.7. The van der Waals surface area contributed by atoms with E-state index in [4.69, 9.17) is 4.74 Å². The first-order valence-electron chi connectivity index (χ1n) is 7.30. The minimum Gasteiger partial charge on any atom is -0.372 e. The van der Waals surface area contributed by atoms with Crippen LogP contribution >= 0.6 is 0 Å². The van der Waals surface area contributed by atoms with E-state index in [2.05, 4.69) is 4.98 Å². The van der Waals surface area contributed by atoms with Crippen molar-refractivity contribution >= 4 is 16.7 Å². The zero-order chi connectivity index (χ0) is 16.2. The molecule has 1 aromatic heterocycles. The van der Waals surface area contributed by atoms with E-state index in [9.17, 15) is 10.1 Å². The van der Waals surface area contributed by atoms with Gasteiger partial charge in [0, 0.05) is 5.39 Å². The normalized spacial score (nSPS) is 10.8. The largest absolute Gasteiger partial charge is 0.372 e. The number of hydrogen-bond acceptors (Lipinski definition) is 4. The minimum absolute atomic E-state index is 0.145. The van der Waals surface area contributed by atoms with Crippen molar-refractivity contribution in [1.82, 2.24) is 4.98 Å². The van der Waals surface area contributed by atoms with Gasteiger partial charge < -0.3 is 14.9 Å². The van der Waals surface area contributed by atoms with Crippen LogP contribution in [0.5, 0.6) is 0 Å². The predicted octanol–water partition coefficient (Wildman–Crippen LogP) is 4.17. The van der Waals surface area contributed by atoms with Crippen LogP contribution in [0.15, 0.2) is 54.6 Å². The molecule has 0 fully saturated rings. The van der Waals surface area contributed by atoms with Gasteiger partial charge in [0.2, 0.25) is 0 Å². The maximum Gasteiger partial charge on any atom is 0.369 e. The fourth-order valence-electron chi connectivity index (χ4n) is 2.46. The molecule has 0 aliphatic carbocycles. The number of aromatic nitrogens is 1. The Morgan fingerprint density at radius 2 is 1.74 bits per heavy atom. The number of aryl methyl sites for hydroxylation is 1. The number of benzene rings is 2. The van der Waals surface area contributed by atoms with E-state index in [-0.39, 0.29) is 12.4 Å². The Hall–Kier alpha value is -2.79. The predicted molar refractivity (Wildman–Crippen MR) is 88.1 cm³/mol. The summed E-state index contributed by atoms with van der Waals surface area (Å²) in [5.74, 6) is -0.145. The van der Waals surface area contributed by atoms with Crippen molar-refractivity contribution in [2.45, 2.75) is 20.1 Å². The maximum atomic E-state index is 11.2. The van der Waals surface area contributed by atoms with Crippen LogP contribution in [-0.2, 0) is 18.0 Å². The lowest BCUT2D eigenvalue weighted by Crippen LogP contribution is -2.02. The summed E-state index contributed by atoms with van der Waals surface area (Å²) in [4.78, 5) is 14.9. The maximum absolute atomic E-state index is 11.2. The Morgan fingerprint density at radius 1 is 1.04 bits per heavy atom. The van der Waals surface area contributed by atoms with E-state index in [1.807, 2.05) is 49.4 Å². The van der Waals surface area contributed by atoms with E-state index < -0.39 is 4.92 Å². The molecule has 2 aromatic carbocycles. The molecule has 116 valence electrons. The molecule has 0 atom stereocenters. The van der Waals surface area contributed by atoms with Crippen LogP contribution in [0.1, 0.15) is 16.7 Å². The molecule has 3 aromatic rings. The van der Waals surface area contributed by atoms with Crippen LogP contribution in [0.4, 0.5) is 5.82 Å². The Bertz CT molecular complexity index is 862. The lowest BCUT2D eigenvalue weighted by atomic mass is 10.1. The number of hydrogen-bond donors (Lipinski definition) is 0. The number of pyridine rings is 1. The Balaban J connectivity index is 1.82. The molecule has 0 unspecified atom stereocenters. The van der Waals surface area contributed by atoms with Gasteiger partial charge in [0.1, 0.15) is 0 Å². The molecule has 0 aliphatic rings. The summed E-state index contributed by atoms with van der Waals surface area (Å²) in [6.45, 7) is 2.58. The van der Waals surface area contributed by atoms with Crippen molar-refractivity contribution in [1.29, 1.82) is 0 Å².